The second-order valence-corrected chi connectivity index (χ2v) is 4.11. The van der Waals surface area contributed by atoms with Crippen LogP contribution in [0, 0.1) is 11.7 Å². The second-order valence-electron chi connectivity index (χ2n) is 4.11. The Morgan fingerprint density at radius 1 is 1.50 bits per heavy atom. The molecule has 86 valence electrons. The van der Waals surface area contributed by atoms with Crippen LogP contribution in [0.5, 0.6) is 0 Å². The maximum absolute atomic E-state index is 13.3. The largest absolute Gasteiger partial charge is 0.323 e. The fourth-order valence-electron chi connectivity index (χ4n) is 2.00. The van der Waals surface area contributed by atoms with E-state index < -0.39 is 5.82 Å². The van der Waals surface area contributed by atoms with E-state index in [1.54, 1.807) is 18.2 Å². The highest BCUT2D eigenvalue weighted by Gasteiger charge is 2.29. The van der Waals surface area contributed by atoms with Crippen LogP contribution < -0.4 is 10.6 Å². The lowest BCUT2D eigenvalue weighted by atomic mass is 10.0. The highest BCUT2D eigenvalue weighted by atomic mass is 19.1. The van der Waals surface area contributed by atoms with E-state index in [1.165, 1.54) is 6.07 Å². The summed E-state index contributed by atoms with van der Waals surface area (Å²) in [6.45, 7) is 2.81. The zero-order chi connectivity index (χ0) is 11.5. The molecular weight excluding hydrogens is 207 g/mol. The van der Waals surface area contributed by atoms with E-state index in [9.17, 15) is 9.18 Å². The van der Waals surface area contributed by atoms with Crippen LogP contribution in [-0.4, -0.2) is 18.5 Å². The second kappa shape index (κ2) is 4.61. The highest BCUT2D eigenvalue weighted by molar-refractivity contribution is 5.93. The molecule has 4 heteroatoms. The average Bonchev–Trinajstić information content (AvgIpc) is 2.68. The van der Waals surface area contributed by atoms with Gasteiger partial charge in [-0.1, -0.05) is 12.1 Å². The first-order valence-electron chi connectivity index (χ1n) is 5.47. The van der Waals surface area contributed by atoms with Crippen molar-refractivity contribution in [3.05, 3.63) is 30.1 Å². The summed E-state index contributed by atoms with van der Waals surface area (Å²) in [5, 5.41) is 5.82. The van der Waals surface area contributed by atoms with Crippen molar-refractivity contribution in [1.82, 2.24) is 5.32 Å². The van der Waals surface area contributed by atoms with Crippen molar-refractivity contribution in [3.63, 3.8) is 0 Å². The van der Waals surface area contributed by atoms with E-state index in [1.807, 2.05) is 6.92 Å². The first kappa shape index (κ1) is 11.1. The van der Waals surface area contributed by atoms with Gasteiger partial charge in [-0.3, -0.25) is 4.79 Å². The smallest absolute Gasteiger partial charge is 0.229 e. The van der Waals surface area contributed by atoms with Crippen molar-refractivity contribution >= 4 is 11.6 Å². The van der Waals surface area contributed by atoms with Crippen molar-refractivity contribution in [2.75, 3.05) is 11.9 Å². The molecule has 2 atom stereocenters. The third-order valence-corrected chi connectivity index (χ3v) is 2.99. The number of nitrogens with one attached hydrogen (secondary N) is 2. The minimum absolute atomic E-state index is 0.0698. The molecule has 1 aromatic carbocycles. The first-order valence-corrected chi connectivity index (χ1v) is 5.47. The number of carbonyl (C=O) groups excluding carboxylic acids is 1. The molecule has 0 saturated carbocycles. The van der Waals surface area contributed by atoms with Crippen molar-refractivity contribution in [2.45, 2.75) is 19.4 Å². The van der Waals surface area contributed by atoms with Gasteiger partial charge in [-0.2, -0.15) is 0 Å². The van der Waals surface area contributed by atoms with Gasteiger partial charge in [0.15, 0.2) is 0 Å². The fraction of sp³-hybridized carbons (Fsp3) is 0.417. The van der Waals surface area contributed by atoms with Gasteiger partial charge in [-0.05, 0) is 32.0 Å². The van der Waals surface area contributed by atoms with Gasteiger partial charge in [-0.15, -0.1) is 0 Å². The fourth-order valence-corrected chi connectivity index (χ4v) is 2.00. The van der Waals surface area contributed by atoms with Crippen LogP contribution in [0.2, 0.25) is 0 Å². The van der Waals surface area contributed by atoms with E-state index in [4.69, 9.17) is 0 Å². The molecule has 2 rings (SSSR count). The lowest BCUT2D eigenvalue weighted by Gasteiger charge is -2.15. The Morgan fingerprint density at radius 3 is 2.88 bits per heavy atom. The van der Waals surface area contributed by atoms with Crippen molar-refractivity contribution < 1.29 is 9.18 Å². The highest BCUT2D eigenvalue weighted by Crippen LogP contribution is 2.19. The number of para-hydroxylation sites is 1. The summed E-state index contributed by atoms with van der Waals surface area (Å²) < 4.78 is 13.3. The Labute approximate surface area is 94.0 Å². The van der Waals surface area contributed by atoms with Gasteiger partial charge in [0.05, 0.1) is 11.6 Å². The molecule has 2 N–H and O–H groups in total. The molecule has 1 heterocycles. The molecule has 1 aromatic rings. The van der Waals surface area contributed by atoms with Crippen molar-refractivity contribution in [1.29, 1.82) is 0 Å². The standard InChI is InChI=1S/C12H15FN2O/c1-8-9(6-7-14-8)12(16)15-11-5-3-2-4-10(11)13/h2-5,8-9,14H,6-7H2,1H3,(H,15,16). The van der Waals surface area contributed by atoms with Crippen LogP contribution >= 0.6 is 0 Å². The van der Waals surface area contributed by atoms with Gasteiger partial charge in [0.25, 0.3) is 0 Å². The molecule has 1 aliphatic rings. The number of amides is 1. The molecule has 0 radical (unpaired) electrons. The number of anilines is 1. The van der Waals surface area contributed by atoms with Gasteiger partial charge in [-0.25, -0.2) is 4.39 Å². The Morgan fingerprint density at radius 2 is 2.25 bits per heavy atom. The maximum Gasteiger partial charge on any atom is 0.229 e. The number of hydrogen-bond donors (Lipinski definition) is 2. The summed E-state index contributed by atoms with van der Waals surface area (Å²) in [6, 6.07) is 6.37. The molecular formula is C12H15FN2O. The molecule has 2 unspecified atom stereocenters. The van der Waals surface area contributed by atoms with Gasteiger partial charge in [0.1, 0.15) is 5.82 Å². The van der Waals surface area contributed by atoms with Gasteiger partial charge >= 0.3 is 0 Å². The number of halogens is 1. The molecule has 0 spiro atoms. The molecule has 16 heavy (non-hydrogen) atoms. The lowest BCUT2D eigenvalue weighted by Crippen LogP contribution is -2.32. The number of hydrogen-bond acceptors (Lipinski definition) is 2. The summed E-state index contributed by atoms with van der Waals surface area (Å²) in [6.07, 6.45) is 0.807. The molecule has 1 aliphatic heterocycles. The minimum atomic E-state index is -0.394. The SMILES string of the molecule is CC1NCCC1C(=O)Nc1ccccc1F. The summed E-state index contributed by atoms with van der Waals surface area (Å²) in [4.78, 5) is 11.9. The van der Waals surface area contributed by atoms with E-state index in [2.05, 4.69) is 10.6 Å². The molecule has 0 aliphatic carbocycles. The molecule has 3 nitrogen and oxygen atoms in total. The third kappa shape index (κ3) is 2.22. The van der Waals surface area contributed by atoms with Crippen molar-refractivity contribution in [3.8, 4) is 0 Å². The number of benzene rings is 1. The first-order chi connectivity index (χ1) is 7.68. The van der Waals surface area contributed by atoms with Gasteiger partial charge < -0.3 is 10.6 Å². The Bertz CT molecular complexity index is 394. The quantitative estimate of drug-likeness (QED) is 0.800. The topological polar surface area (TPSA) is 41.1 Å². The monoisotopic (exact) mass is 222 g/mol. The molecule has 1 fully saturated rings. The van der Waals surface area contributed by atoms with E-state index in [-0.39, 0.29) is 23.6 Å². The average molecular weight is 222 g/mol. The molecule has 0 bridgehead atoms. The normalized spacial score (nSPS) is 24.4. The summed E-state index contributed by atoms with van der Waals surface area (Å²) >= 11 is 0. The van der Waals surface area contributed by atoms with Gasteiger partial charge in [0.2, 0.25) is 5.91 Å². The Balaban J connectivity index is 2.05. The zero-order valence-electron chi connectivity index (χ0n) is 9.16. The zero-order valence-corrected chi connectivity index (χ0v) is 9.16. The van der Waals surface area contributed by atoms with Crippen LogP contribution in [0.3, 0.4) is 0 Å². The Kier molecular flexibility index (Phi) is 3.19. The molecule has 1 amide bonds. The number of carbonyl (C=O) groups is 1. The summed E-state index contributed by atoms with van der Waals surface area (Å²) in [5.41, 5.74) is 0.256. The van der Waals surface area contributed by atoms with Crippen LogP contribution in [0.15, 0.2) is 24.3 Å². The van der Waals surface area contributed by atoms with Crippen LogP contribution in [0.4, 0.5) is 10.1 Å². The lowest BCUT2D eigenvalue weighted by molar-refractivity contribution is -0.120. The summed E-state index contributed by atoms with van der Waals surface area (Å²) in [5.74, 6) is -0.573. The predicted octanol–water partition coefficient (Wildman–Crippen LogP) is 1.76. The Hall–Kier alpha value is -1.42. The van der Waals surface area contributed by atoms with E-state index in [0.717, 1.165) is 13.0 Å². The van der Waals surface area contributed by atoms with Crippen molar-refractivity contribution in [2.24, 2.45) is 5.92 Å². The van der Waals surface area contributed by atoms with Crippen LogP contribution in [-0.2, 0) is 4.79 Å². The predicted molar refractivity (Wildman–Crippen MR) is 60.6 cm³/mol. The van der Waals surface area contributed by atoms with E-state index >= 15 is 0 Å². The minimum Gasteiger partial charge on any atom is -0.323 e. The van der Waals surface area contributed by atoms with Crippen LogP contribution in [0.25, 0.3) is 0 Å². The van der Waals surface area contributed by atoms with Gasteiger partial charge in [0, 0.05) is 6.04 Å². The number of rotatable bonds is 2. The maximum atomic E-state index is 13.3. The third-order valence-electron chi connectivity index (χ3n) is 2.99. The summed E-state index contributed by atoms with van der Waals surface area (Å²) in [7, 11) is 0. The molecule has 0 aromatic heterocycles. The van der Waals surface area contributed by atoms with Crippen LogP contribution in [0.1, 0.15) is 13.3 Å². The van der Waals surface area contributed by atoms with E-state index in [0.29, 0.717) is 0 Å². The molecule has 1 saturated heterocycles.